The van der Waals surface area contributed by atoms with Gasteiger partial charge >= 0.3 is 6.18 Å². The summed E-state index contributed by atoms with van der Waals surface area (Å²) in [7, 11) is -4.34. The lowest BCUT2D eigenvalue weighted by molar-refractivity contribution is -0.121. The van der Waals surface area contributed by atoms with E-state index < -0.39 is 22.9 Å². The summed E-state index contributed by atoms with van der Waals surface area (Å²) in [6, 6.07) is 6.39. The van der Waals surface area contributed by atoms with Gasteiger partial charge in [-0.05, 0) is 28.1 Å². The fourth-order valence-electron chi connectivity index (χ4n) is 1.57. The Morgan fingerprint density at radius 2 is 2.00 bits per heavy atom. The number of nitrogens with one attached hydrogen (secondary N) is 2. The topological polar surface area (TPSA) is 71.1 Å². The van der Waals surface area contributed by atoms with Gasteiger partial charge < -0.3 is 0 Å². The van der Waals surface area contributed by atoms with Crippen LogP contribution in [0.2, 0.25) is 0 Å². The maximum Gasteiger partial charge on any atom is 0.402 e. The Kier molecular flexibility index (Phi) is 4.40. The Balaban J connectivity index is 2.27. The molecule has 114 valence electrons. The summed E-state index contributed by atoms with van der Waals surface area (Å²) in [6.45, 7) is -1.65. The molecule has 0 radical (unpaired) electrons. The van der Waals surface area contributed by atoms with E-state index in [0.29, 0.717) is 15.4 Å². The normalized spacial score (nSPS) is 12.6. The van der Waals surface area contributed by atoms with Crippen LogP contribution in [0.1, 0.15) is 0 Å². The van der Waals surface area contributed by atoms with E-state index in [0.717, 1.165) is 0 Å². The van der Waals surface area contributed by atoms with Crippen molar-refractivity contribution in [3.63, 3.8) is 0 Å². The van der Waals surface area contributed by atoms with Crippen molar-refractivity contribution in [2.45, 2.75) is 6.18 Å². The second kappa shape index (κ2) is 5.78. The van der Waals surface area contributed by atoms with Crippen molar-refractivity contribution in [1.82, 2.24) is 9.71 Å². The van der Waals surface area contributed by atoms with Gasteiger partial charge in [-0.3, -0.25) is 9.71 Å². The van der Waals surface area contributed by atoms with Gasteiger partial charge in [-0.25, -0.2) is 0 Å². The first kappa shape index (κ1) is 16.0. The molecule has 5 nitrogen and oxygen atoms in total. The minimum absolute atomic E-state index is 0.0923. The number of fused-ring (bicyclic) bond motifs is 1. The minimum Gasteiger partial charge on any atom is -0.269 e. The maximum absolute atomic E-state index is 12.0. The molecule has 2 rings (SSSR count). The standard InChI is InChI=1S/C11H9BrF3N3O2S/c12-8-4-7-2-1-3-9(10(7)16-5-8)18-21(19,20)17-6-11(13,14)15/h1-5,17-18H,6H2. The lowest BCUT2D eigenvalue weighted by Crippen LogP contribution is -2.37. The zero-order valence-electron chi connectivity index (χ0n) is 10.3. The number of aromatic nitrogens is 1. The van der Waals surface area contributed by atoms with Crippen LogP contribution < -0.4 is 9.44 Å². The van der Waals surface area contributed by atoms with Gasteiger partial charge in [-0.2, -0.15) is 26.3 Å². The fraction of sp³-hybridized carbons (Fsp3) is 0.182. The predicted molar refractivity (Wildman–Crippen MR) is 76.0 cm³/mol. The van der Waals surface area contributed by atoms with Crippen molar-refractivity contribution in [2.75, 3.05) is 11.3 Å². The Bertz CT molecular complexity index is 765. The van der Waals surface area contributed by atoms with Crippen LogP contribution in [-0.2, 0) is 10.2 Å². The third-order valence-corrected chi connectivity index (χ3v) is 3.83. The number of rotatable bonds is 4. The van der Waals surface area contributed by atoms with Crippen LogP contribution in [0.15, 0.2) is 34.9 Å². The van der Waals surface area contributed by atoms with Gasteiger partial charge in [0.15, 0.2) is 0 Å². The van der Waals surface area contributed by atoms with E-state index in [1.807, 2.05) is 4.72 Å². The molecular formula is C11H9BrF3N3O2S. The van der Waals surface area contributed by atoms with E-state index in [9.17, 15) is 21.6 Å². The number of pyridine rings is 1. The Morgan fingerprint density at radius 3 is 2.67 bits per heavy atom. The number of para-hydroxylation sites is 1. The van der Waals surface area contributed by atoms with Crippen molar-refractivity contribution in [1.29, 1.82) is 0 Å². The van der Waals surface area contributed by atoms with E-state index in [-0.39, 0.29) is 5.69 Å². The summed E-state index contributed by atoms with van der Waals surface area (Å²) < 4.78 is 63.5. The molecule has 0 bridgehead atoms. The smallest absolute Gasteiger partial charge is 0.269 e. The average molecular weight is 384 g/mol. The molecule has 0 saturated heterocycles. The summed E-state index contributed by atoms with van der Waals surface area (Å²) in [5, 5.41) is 0.639. The Labute approximate surface area is 126 Å². The first-order valence-electron chi connectivity index (χ1n) is 5.55. The number of hydrogen-bond acceptors (Lipinski definition) is 3. The summed E-state index contributed by atoms with van der Waals surface area (Å²) in [6.07, 6.45) is -3.17. The molecule has 0 saturated carbocycles. The monoisotopic (exact) mass is 383 g/mol. The molecule has 0 aliphatic heterocycles. The van der Waals surface area contributed by atoms with Crippen molar-refractivity contribution >= 4 is 42.7 Å². The van der Waals surface area contributed by atoms with Gasteiger partial charge in [-0.1, -0.05) is 12.1 Å². The molecule has 0 atom stereocenters. The summed E-state index contributed by atoms with van der Waals surface area (Å²) >= 11 is 3.23. The highest BCUT2D eigenvalue weighted by Gasteiger charge is 2.29. The molecule has 0 unspecified atom stereocenters. The first-order chi connectivity index (χ1) is 9.66. The van der Waals surface area contributed by atoms with Crippen LogP contribution in [0.25, 0.3) is 10.9 Å². The summed E-state index contributed by atoms with van der Waals surface area (Å²) in [5.41, 5.74) is 0.424. The lowest BCUT2D eigenvalue weighted by atomic mass is 10.2. The zero-order chi connectivity index (χ0) is 15.7. The van der Waals surface area contributed by atoms with Crippen molar-refractivity contribution in [3.05, 3.63) is 34.9 Å². The third kappa shape index (κ3) is 4.55. The Morgan fingerprint density at radius 1 is 1.29 bits per heavy atom. The molecule has 0 aliphatic carbocycles. The average Bonchev–Trinajstić information content (AvgIpc) is 2.35. The predicted octanol–water partition coefficient (Wildman–Crippen LogP) is 2.81. The molecule has 21 heavy (non-hydrogen) atoms. The van der Waals surface area contributed by atoms with Crippen molar-refractivity contribution < 1.29 is 21.6 Å². The second-order valence-electron chi connectivity index (χ2n) is 4.07. The molecule has 2 aromatic rings. The molecule has 1 aromatic heterocycles. The largest absolute Gasteiger partial charge is 0.402 e. The number of benzene rings is 1. The highest BCUT2D eigenvalue weighted by Crippen LogP contribution is 2.24. The minimum atomic E-state index is -4.63. The molecule has 0 fully saturated rings. The Hall–Kier alpha value is -1.39. The zero-order valence-corrected chi connectivity index (χ0v) is 12.7. The molecule has 2 N–H and O–H groups in total. The van der Waals surface area contributed by atoms with Gasteiger partial charge in [0.25, 0.3) is 10.2 Å². The fourth-order valence-corrected chi connectivity index (χ4v) is 2.80. The van der Waals surface area contributed by atoms with Crippen LogP contribution in [0.4, 0.5) is 18.9 Å². The highest BCUT2D eigenvalue weighted by atomic mass is 79.9. The van der Waals surface area contributed by atoms with Gasteiger partial charge in [0.05, 0.1) is 11.2 Å². The van der Waals surface area contributed by atoms with Gasteiger partial charge in [0.1, 0.15) is 6.54 Å². The van der Waals surface area contributed by atoms with E-state index in [1.165, 1.54) is 17.0 Å². The van der Waals surface area contributed by atoms with Crippen molar-refractivity contribution in [2.24, 2.45) is 0 Å². The number of anilines is 1. The quantitative estimate of drug-likeness (QED) is 0.852. The van der Waals surface area contributed by atoms with Crippen LogP contribution in [0.3, 0.4) is 0 Å². The van der Waals surface area contributed by atoms with Crippen LogP contribution in [0.5, 0.6) is 0 Å². The van der Waals surface area contributed by atoms with E-state index in [4.69, 9.17) is 0 Å². The molecule has 0 amide bonds. The van der Waals surface area contributed by atoms with Crippen molar-refractivity contribution in [3.8, 4) is 0 Å². The lowest BCUT2D eigenvalue weighted by Gasteiger charge is -2.12. The van der Waals surface area contributed by atoms with E-state index >= 15 is 0 Å². The van der Waals surface area contributed by atoms with E-state index in [2.05, 4.69) is 20.9 Å². The van der Waals surface area contributed by atoms with Gasteiger partial charge in [0, 0.05) is 16.1 Å². The van der Waals surface area contributed by atoms with Crippen LogP contribution in [0, 0.1) is 0 Å². The molecule has 0 spiro atoms. The number of alkyl halides is 3. The van der Waals surface area contributed by atoms with E-state index in [1.54, 1.807) is 18.2 Å². The first-order valence-corrected chi connectivity index (χ1v) is 7.82. The maximum atomic E-state index is 12.0. The van der Waals surface area contributed by atoms with Crippen LogP contribution >= 0.6 is 15.9 Å². The number of hydrogen-bond donors (Lipinski definition) is 2. The molecule has 0 aliphatic rings. The molecular weight excluding hydrogens is 375 g/mol. The number of halogens is 4. The molecule has 1 aromatic carbocycles. The van der Waals surface area contributed by atoms with Crippen LogP contribution in [-0.4, -0.2) is 26.1 Å². The van der Waals surface area contributed by atoms with Gasteiger partial charge in [-0.15, -0.1) is 0 Å². The highest BCUT2D eigenvalue weighted by molar-refractivity contribution is 9.10. The summed E-state index contributed by atoms with van der Waals surface area (Å²) in [4.78, 5) is 4.05. The van der Waals surface area contributed by atoms with Gasteiger partial charge in [0.2, 0.25) is 0 Å². The SMILES string of the molecule is O=S(=O)(NCC(F)(F)F)Nc1cccc2cc(Br)cnc12. The molecule has 10 heteroatoms. The second-order valence-corrected chi connectivity index (χ2v) is 6.49. The summed E-state index contributed by atoms with van der Waals surface area (Å²) in [5.74, 6) is 0. The third-order valence-electron chi connectivity index (χ3n) is 2.38. The molecule has 1 heterocycles. The number of nitrogens with zero attached hydrogens (tertiary/aromatic N) is 1.